The van der Waals surface area contributed by atoms with E-state index in [1.54, 1.807) is 6.92 Å². The molecular formula is C13H12FNO3. The molecule has 4 nitrogen and oxygen atoms in total. The molecule has 18 heavy (non-hydrogen) atoms. The van der Waals surface area contributed by atoms with Gasteiger partial charge in [0.25, 0.3) is 0 Å². The van der Waals surface area contributed by atoms with Crippen LogP contribution in [0, 0.1) is 5.82 Å². The lowest BCUT2D eigenvalue weighted by Gasteiger charge is -2.09. The van der Waals surface area contributed by atoms with E-state index < -0.39 is 11.8 Å². The Labute approximate surface area is 103 Å². The van der Waals surface area contributed by atoms with Gasteiger partial charge in [0.2, 0.25) is 0 Å². The monoisotopic (exact) mass is 249 g/mol. The van der Waals surface area contributed by atoms with Crippen LogP contribution >= 0.6 is 0 Å². The van der Waals surface area contributed by atoms with Gasteiger partial charge in [-0.3, -0.25) is 9.78 Å². The molecule has 0 aliphatic rings. The van der Waals surface area contributed by atoms with Gasteiger partial charge in [-0.25, -0.2) is 4.39 Å². The molecule has 0 aliphatic heterocycles. The van der Waals surface area contributed by atoms with Gasteiger partial charge in [0.15, 0.2) is 0 Å². The molecule has 0 saturated carbocycles. The van der Waals surface area contributed by atoms with Crippen molar-refractivity contribution in [3.63, 3.8) is 0 Å². The number of ether oxygens (including phenoxy) is 1. The van der Waals surface area contributed by atoms with Crippen LogP contribution in [-0.2, 0) is 11.2 Å². The second-order valence-electron chi connectivity index (χ2n) is 3.87. The summed E-state index contributed by atoms with van der Waals surface area (Å²) in [7, 11) is 0. The third-order valence-corrected chi connectivity index (χ3v) is 2.59. The van der Waals surface area contributed by atoms with Crippen LogP contribution in [-0.4, -0.2) is 16.1 Å². The van der Waals surface area contributed by atoms with Crippen molar-refractivity contribution in [2.24, 2.45) is 0 Å². The number of aromatic nitrogens is 1. The Morgan fingerprint density at radius 3 is 2.83 bits per heavy atom. The number of esters is 1. The van der Waals surface area contributed by atoms with Gasteiger partial charge in [-0.05, 0) is 6.42 Å². The standard InChI is InChI=1S/C13H12FNO3/c1-3-9-10(14)6-15-11-4-8(18-7(2)16)5-12(17)13(9)11/h4-6,17H,3H2,1-2H3. The summed E-state index contributed by atoms with van der Waals surface area (Å²) in [6, 6.07) is 2.78. The summed E-state index contributed by atoms with van der Waals surface area (Å²) in [5.74, 6) is -0.909. The van der Waals surface area contributed by atoms with E-state index >= 15 is 0 Å². The summed E-state index contributed by atoms with van der Waals surface area (Å²) in [5.41, 5.74) is 0.788. The summed E-state index contributed by atoms with van der Waals surface area (Å²) in [6.45, 7) is 3.05. The molecule has 0 aliphatic carbocycles. The van der Waals surface area contributed by atoms with Gasteiger partial charge in [-0.15, -0.1) is 0 Å². The number of hydrogen-bond donors (Lipinski definition) is 1. The van der Waals surface area contributed by atoms with Crippen LogP contribution in [0.15, 0.2) is 18.3 Å². The number of rotatable bonds is 2. The Hall–Kier alpha value is -2.17. The third kappa shape index (κ3) is 2.11. The van der Waals surface area contributed by atoms with Crippen LogP contribution in [0.25, 0.3) is 10.9 Å². The number of carbonyl (C=O) groups excluding carboxylic acids is 1. The van der Waals surface area contributed by atoms with Crippen molar-refractivity contribution in [1.82, 2.24) is 4.98 Å². The molecule has 1 heterocycles. The fourth-order valence-corrected chi connectivity index (χ4v) is 1.89. The zero-order valence-electron chi connectivity index (χ0n) is 10.0. The summed E-state index contributed by atoms with van der Waals surface area (Å²) < 4.78 is 18.4. The topological polar surface area (TPSA) is 59.4 Å². The van der Waals surface area contributed by atoms with E-state index in [2.05, 4.69) is 4.98 Å². The van der Waals surface area contributed by atoms with Crippen LogP contribution < -0.4 is 4.74 Å². The molecule has 0 saturated heterocycles. The Morgan fingerprint density at radius 1 is 1.50 bits per heavy atom. The highest BCUT2D eigenvalue weighted by molar-refractivity contribution is 5.90. The number of nitrogens with zero attached hydrogens (tertiary/aromatic N) is 1. The molecule has 0 amide bonds. The highest BCUT2D eigenvalue weighted by Gasteiger charge is 2.13. The van der Waals surface area contributed by atoms with E-state index in [1.165, 1.54) is 19.1 Å². The van der Waals surface area contributed by atoms with Crippen molar-refractivity contribution >= 4 is 16.9 Å². The second-order valence-corrected chi connectivity index (χ2v) is 3.87. The number of halogens is 1. The quantitative estimate of drug-likeness (QED) is 0.656. The van der Waals surface area contributed by atoms with Gasteiger partial charge >= 0.3 is 5.97 Å². The number of pyridine rings is 1. The minimum Gasteiger partial charge on any atom is -0.507 e. The van der Waals surface area contributed by atoms with Crippen molar-refractivity contribution in [1.29, 1.82) is 0 Å². The van der Waals surface area contributed by atoms with Crippen molar-refractivity contribution in [3.8, 4) is 11.5 Å². The first-order chi connectivity index (χ1) is 8.52. The molecule has 0 spiro atoms. The minimum absolute atomic E-state index is 0.146. The highest BCUT2D eigenvalue weighted by atomic mass is 19.1. The summed E-state index contributed by atoms with van der Waals surface area (Å²) in [6.07, 6.45) is 1.53. The first-order valence-corrected chi connectivity index (χ1v) is 5.51. The lowest BCUT2D eigenvalue weighted by Crippen LogP contribution is -2.02. The first-order valence-electron chi connectivity index (χ1n) is 5.51. The van der Waals surface area contributed by atoms with Crippen molar-refractivity contribution in [3.05, 3.63) is 29.7 Å². The number of aromatic hydroxyl groups is 1. The molecule has 2 rings (SSSR count). The van der Waals surface area contributed by atoms with E-state index in [1.807, 2.05) is 0 Å². The highest BCUT2D eigenvalue weighted by Crippen LogP contribution is 2.33. The maximum Gasteiger partial charge on any atom is 0.308 e. The molecule has 0 unspecified atom stereocenters. The number of benzene rings is 1. The molecule has 0 radical (unpaired) electrons. The smallest absolute Gasteiger partial charge is 0.308 e. The van der Waals surface area contributed by atoms with Gasteiger partial charge < -0.3 is 9.84 Å². The van der Waals surface area contributed by atoms with E-state index in [0.29, 0.717) is 22.9 Å². The predicted octanol–water partition coefficient (Wildman–Crippen LogP) is 2.57. The second kappa shape index (κ2) is 4.60. The molecule has 94 valence electrons. The molecule has 0 fully saturated rings. The third-order valence-electron chi connectivity index (χ3n) is 2.59. The van der Waals surface area contributed by atoms with Gasteiger partial charge in [-0.2, -0.15) is 0 Å². The maximum atomic E-state index is 13.6. The number of phenolic OH excluding ortho intramolecular Hbond substituents is 1. The molecule has 2 aromatic rings. The largest absolute Gasteiger partial charge is 0.507 e. The fourth-order valence-electron chi connectivity index (χ4n) is 1.89. The summed E-state index contributed by atoms with van der Waals surface area (Å²) in [5, 5.41) is 10.3. The Bertz CT molecular complexity index is 625. The Kier molecular flexibility index (Phi) is 3.14. The molecule has 0 atom stereocenters. The van der Waals surface area contributed by atoms with E-state index in [4.69, 9.17) is 4.74 Å². The molecule has 1 aromatic heterocycles. The van der Waals surface area contributed by atoms with Gasteiger partial charge in [0, 0.05) is 30.0 Å². The Morgan fingerprint density at radius 2 is 2.22 bits per heavy atom. The van der Waals surface area contributed by atoms with Crippen LogP contribution in [0.1, 0.15) is 19.4 Å². The van der Waals surface area contributed by atoms with Gasteiger partial charge in [0.05, 0.1) is 11.7 Å². The molecule has 0 bridgehead atoms. The zero-order chi connectivity index (χ0) is 13.3. The molecule has 5 heteroatoms. The van der Waals surface area contributed by atoms with Gasteiger partial charge in [-0.1, -0.05) is 6.92 Å². The van der Waals surface area contributed by atoms with Crippen LogP contribution in [0.4, 0.5) is 4.39 Å². The normalized spacial score (nSPS) is 10.6. The van der Waals surface area contributed by atoms with E-state index in [0.717, 1.165) is 6.20 Å². The molecule has 1 N–H and O–H groups in total. The zero-order valence-corrected chi connectivity index (χ0v) is 10.0. The minimum atomic E-state index is -0.494. The lowest BCUT2D eigenvalue weighted by molar-refractivity contribution is -0.131. The van der Waals surface area contributed by atoms with E-state index in [9.17, 15) is 14.3 Å². The van der Waals surface area contributed by atoms with Crippen molar-refractivity contribution in [2.75, 3.05) is 0 Å². The lowest BCUT2D eigenvalue weighted by atomic mass is 10.1. The van der Waals surface area contributed by atoms with E-state index in [-0.39, 0.29) is 11.5 Å². The number of hydrogen-bond acceptors (Lipinski definition) is 4. The average molecular weight is 249 g/mol. The predicted molar refractivity (Wildman–Crippen MR) is 64.1 cm³/mol. The molecule has 1 aromatic carbocycles. The maximum absolute atomic E-state index is 13.6. The summed E-state index contributed by atoms with van der Waals surface area (Å²) >= 11 is 0. The number of fused-ring (bicyclic) bond motifs is 1. The number of aryl methyl sites for hydroxylation is 1. The van der Waals surface area contributed by atoms with Crippen molar-refractivity contribution < 1.29 is 19.0 Å². The van der Waals surface area contributed by atoms with Crippen LogP contribution in [0.2, 0.25) is 0 Å². The SMILES string of the molecule is CCc1c(F)cnc2cc(OC(C)=O)cc(O)c12. The van der Waals surface area contributed by atoms with Crippen molar-refractivity contribution in [2.45, 2.75) is 20.3 Å². The van der Waals surface area contributed by atoms with Crippen LogP contribution in [0.3, 0.4) is 0 Å². The first kappa shape index (κ1) is 12.3. The fraction of sp³-hybridized carbons (Fsp3) is 0.231. The number of phenols is 1. The van der Waals surface area contributed by atoms with Crippen LogP contribution in [0.5, 0.6) is 11.5 Å². The van der Waals surface area contributed by atoms with Gasteiger partial charge in [0.1, 0.15) is 17.3 Å². The summed E-state index contributed by atoms with van der Waals surface area (Å²) in [4.78, 5) is 14.7. The number of carbonyl (C=O) groups is 1. The molecular weight excluding hydrogens is 237 g/mol. The average Bonchev–Trinajstić information content (AvgIpc) is 2.29. The Balaban J connectivity index is 2.68.